The number of phosphoric ester groups is 1. The van der Waals surface area contributed by atoms with Crippen LogP contribution in [0.15, 0.2) is 72.4 Å². The first-order valence-corrected chi connectivity index (χ1v) is 29.1. The fraction of sp³-hybridized carbons (Fsp3) is 0.729. The van der Waals surface area contributed by atoms with Gasteiger partial charge >= 0.3 is 13.8 Å². The first kappa shape index (κ1) is 53.9. The van der Waals surface area contributed by atoms with Crippen molar-refractivity contribution < 1.29 is 52.5 Å². The molecule has 3 N–H and O–H groups in total. The topological polar surface area (TPSA) is 161 Å². The number of nitrogens with zero attached hydrogens (tertiary/aromatic N) is 1. The van der Waals surface area contributed by atoms with Gasteiger partial charge in [-0.2, -0.15) is 0 Å². The second kappa shape index (κ2) is 21.2. The lowest BCUT2D eigenvalue weighted by Crippen LogP contribution is -2.63. The predicted octanol–water partition coefficient (Wildman–Crippen LogP) is 11.8. The van der Waals surface area contributed by atoms with E-state index in [0.29, 0.717) is 37.7 Å². The summed E-state index contributed by atoms with van der Waals surface area (Å²) < 4.78 is 44.0. The van der Waals surface area contributed by atoms with Gasteiger partial charge in [-0.15, -0.1) is 13.2 Å². The van der Waals surface area contributed by atoms with E-state index in [1.165, 1.54) is 28.9 Å². The van der Waals surface area contributed by atoms with Gasteiger partial charge in [0.1, 0.15) is 0 Å². The molecule has 0 aliphatic heterocycles. The van der Waals surface area contributed by atoms with Crippen molar-refractivity contribution in [3.8, 4) is 0 Å². The van der Waals surface area contributed by atoms with E-state index in [9.17, 15) is 29.5 Å². The summed E-state index contributed by atoms with van der Waals surface area (Å²) in [5, 5.41) is 33.7. The van der Waals surface area contributed by atoms with Gasteiger partial charge in [0, 0.05) is 43.5 Å². The number of hydrogen-bond donors (Lipinski definition) is 3. The summed E-state index contributed by atoms with van der Waals surface area (Å²) in [4.78, 5) is 26.5. The number of carbonyl (C=O) groups is 2. The van der Waals surface area contributed by atoms with Crippen molar-refractivity contribution in [2.75, 3.05) is 45.1 Å². The zero-order chi connectivity index (χ0) is 51.4. The fourth-order valence-electron chi connectivity index (χ4n) is 17.2. The van der Waals surface area contributed by atoms with Gasteiger partial charge in [0.05, 0.1) is 43.7 Å². The number of carboxylic acid groups (broad SMARTS) is 1. The van der Waals surface area contributed by atoms with E-state index in [1.54, 1.807) is 5.57 Å². The van der Waals surface area contributed by atoms with Crippen LogP contribution < -0.4 is 4.90 Å². The highest BCUT2D eigenvalue weighted by Crippen LogP contribution is 2.70. The number of aliphatic carboxylic acids is 1. The Kier molecular flexibility index (Phi) is 15.9. The Morgan fingerprint density at radius 1 is 0.903 bits per heavy atom. The quantitative estimate of drug-likeness (QED) is 0.0645. The van der Waals surface area contributed by atoms with Crippen LogP contribution in [-0.2, 0) is 37.2 Å². The minimum atomic E-state index is -3.97. The molecule has 1 aromatic rings. The van der Waals surface area contributed by atoms with Crippen molar-refractivity contribution in [3.63, 3.8) is 0 Å². The Labute approximate surface area is 430 Å². The number of phosphoric acid groups is 1. The van der Waals surface area contributed by atoms with E-state index in [4.69, 9.17) is 23.0 Å². The molecule has 9 rings (SSSR count). The van der Waals surface area contributed by atoms with Crippen LogP contribution in [-0.4, -0.2) is 91.2 Å². The Hall–Kier alpha value is -2.93. The molecule has 6 fully saturated rings. The molecule has 0 radical (unpaired) electrons. The number of hydrogen-bond acceptors (Lipinski definition) is 11. The highest BCUT2D eigenvalue weighted by atomic mass is 31.2. The number of aliphatic hydroxyl groups is 2. The molecule has 6 saturated carbocycles. The molecule has 16 atom stereocenters. The second-order valence-electron chi connectivity index (χ2n) is 24.6. The van der Waals surface area contributed by atoms with Crippen molar-refractivity contribution in [1.29, 1.82) is 0 Å². The average Bonchev–Trinajstić information content (AvgIpc) is 3.84. The Bertz CT molecular complexity index is 2280. The minimum Gasteiger partial charge on any atom is -0.481 e. The molecule has 8 aliphatic rings. The molecule has 1 aromatic carbocycles. The molecule has 0 aromatic heterocycles. The van der Waals surface area contributed by atoms with Gasteiger partial charge in [0.2, 0.25) is 0 Å². The third kappa shape index (κ3) is 9.89. The third-order valence-corrected chi connectivity index (χ3v) is 22.6. The van der Waals surface area contributed by atoms with Gasteiger partial charge in [-0.25, -0.2) is 4.57 Å². The number of benzene rings is 1. The smallest absolute Gasteiger partial charge is 0.477 e. The molecule has 72 heavy (non-hydrogen) atoms. The number of allylic oxidation sites excluding steroid dienone is 4. The second-order valence-corrected chi connectivity index (χ2v) is 26.3. The molecular formula is C59H86NO11P. The van der Waals surface area contributed by atoms with Crippen LogP contribution in [0.25, 0.3) is 0 Å². The van der Waals surface area contributed by atoms with Crippen LogP contribution in [0.3, 0.4) is 0 Å². The van der Waals surface area contributed by atoms with E-state index >= 15 is 0 Å². The molecule has 8 aliphatic carbocycles. The Balaban J connectivity index is 0.877. The largest absolute Gasteiger partial charge is 0.481 e. The lowest BCUT2D eigenvalue weighted by atomic mass is 9.43. The summed E-state index contributed by atoms with van der Waals surface area (Å²) in [7, 11) is -1.84. The molecule has 0 saturated heterocycles. The molecule has 0 heterocycles. The Morgan fingerprint density at radius 3 is 2.35 bits per heavy atom. The zero-order valence-corrected chi connectivity index (χ0v) is 45.1. The number of fused-ring (bicyclic) bond motifs is 9. The van der Waals surface area contributed by atoms with E-state index in [2.05, 4.69) is 84.0 Å². The first-order valence-electron chi connectivity index (χ1n) is 27.7. The van der Waals surface area contributed by atoms with Crippen LogP contribution in [0.4, 0.5) is 5.69 Å². The molecule has 0 bridgehead atoms. The van der Waals surface area contributed by atoms with Crippen molar-refractivity contribution in [2.24, 2.45) is 63.6 Å². The number of rotatable bonds is 20. The number of ketones is 1. The summed E-state index contributed by atoms with van der Waals surface area (Å²) in [6, 6.07) is 9.11. The minimum absolute atomic E-state index is 0.0117. The van der Waals surface area contributed by atoms with Crippen molar-refractivity contribution in [3.05, 3.63) is 77.9 Å². The van der Waals surface area contributed by atoms with Crippen molar-refractivity contribution in [1.82, 2.24) is 0 Å². The summed E-state index contributed by atoms with van der Waals surface area (Å²) in [5.41, 5.74) is 5.38. The number of carbonyl (C=O) groups excluding carboxylic acids is 1. The maximum atomic E-state index is 13.6. The molecule has 0 spiro atoms. The normalized spacial score (nSPS) is 39.6. The van der Waals surface area contributed by atoms with Crippen LogP contribution in [0.1, 0.15) is 149 Å². The highest BCUT2D eigenvalue weighted by molar-refractivity contribution is 7.48. The van der Waals surface area contributed by atoms with Crippen LogP contribution in [0, 0.1) is 63.6 Å². The van der Waals surface area contributed by atoms with Gasteiger partial charge in [0.25, 0.3) is 0 Å². The molecule has 12 nitrogen and oxygen atoms in total. The number of ether oxygens (including phenoxy) is 2. The molecular weight excluding hydrogens is 930 g/mol. The van der Waals surface area contributed by atoms with Gasteiger partial charge in [-0.3, -0.25) is 23.2 Å². The SMILES string of the molecule is C=CCOP(=O)(OCC=C)OCO[C@@H]1C[C@@H]2C[C@@H](OCCN(C)c3ccc([C@H]4C[C@@]5(C)C(CC[C@]5(C)O)C5CCC6=CC(=O)CCC6=C54)cc3)CC[C@]2(C)[C@H]2C[C@H](O)[C@]3(C)[C@@H]([C@H](C)CCC(=O)O)CC[C@H]3[C@H]12. The van der Waals surface area contributed by atoms with Crippen molar-refractivity contribution >= 4 is 25.3 Å². The first-order chi connectivity index (χ1) is 34.3. The van der Waals surface area contributed by atoms with Gasteiger partial charge in [0.15, 0.2) is 12.6 Å². The van der Waals surface area contributed by atoms with Gasteiger partial charge < -0.3 is 29.7 Å². The van der Waals surface area contributed by atoms with E-state index < -0.39 is 30.9 Å². The van der Waals surface area contributed by atoms with E-state index in [-0.39, 0.29) is 96.7 Å². The van der Waals surface area contributed by atoms with Crippen LogP contribution >= 0.6 is 7.82 Å². The Morgan fingerprint density at radius 2 is 1.64 bits per heavy atom. The fourth-order valence-corrected chi connectivity index (χ4v) is 18.2. The average molecular weight is 1020 g/mol. The molecule has 13 heteroatoms. The zero-order valence-electron chi connectivity index (χ0n) is 44.2. The third-order valence-electron chi connectivity index (χ3n) is 21.3. The lowest BCUT2D eigenvalue weighted by Gasteiger charge is -2.64. The monoisotopic (exact) mass is 1020 g/mol. The standard InChI is InChI=1S/C59H86NO11P/c1-9-28-69-72(66,70-29-10-2)71-36-68-51-33-40-32-43(23-25-56(40,4)50-34-52(62)59(7)47(20-21-49(59)55(50)51)37(3)11-22-53(63)64)67-30-27-60(8)41-15-12-38(13-16-41)46-35-57(5)48(24-26-58(57,6)65)45-18-14-39-31-42(61)17-19-44(39)54(45)46/h9-10,12-13,15-16,31,37,40,43,45-52,55,62,65H,1-2,11,14,17-30,32-36H2,3-8H3,(H,63,64)/t37-,40+,43+,45?,46-,47-,48?,49+,50+,51-,52+,55+,56+,57+,58+,59-/m1/s1. The molecule has 2 unspecified atom stereocenters. The summed E-state index contributed by atoms with van der Waals surface area (Å²) in [5.74, 6) is 1.68. The summed E-state index contributed by atoms with van der Waals surface area (Å²) in [6.07, 6.45) is 17.3. The van der Waals surface area contributed by atoms with E-state index in [0.717, 1.165) is 89.3 Å². The predicted molar refractivity (Wildman–Crippen MR) is 279 cm³/mol. The van der Waals surface area contributed by atoms with Crippen molar-refractivity contribution in [2.45, 2.75) is 167 Å². The lowest BCUT2D eigenvalue weighted by molar-refractivity contribution is -0.228. The maximum Gasteiger partial charge on any atom is 0.477 e. The highest BCUT2D eigenvalue weighted by Gasteiger charge is 2.66. The number of carboxylic acids is 1. The number of aliphatic hydroxyl groups excluding tert-OH is 1. The van der Waals surface area contributed by atoms with Crippen LogP contribution in [0.2, 0.25) is 0 Å². The summed E-state index contributed by atoms with van der Waals surface area (Å²) >= 11 is 0. The number of likely N-dealkylation sites (N-methyl/N-ethyl adjacent to an activating group) is 1. The van der Waals surface area contributed by atoms with E-state index in [1.807, 2.05) is 6.08 Å². The van der Waals surface area contributed by atoms with Gasteiger partial charge in [-0.05, 0) is 190 Å². The molecule has 398 valence electrons. The van der Waals surface area contributed by atoms with Gasteiger partial charge in [-0.1, -0.05) is 57.6 Å². The maximum absolute atomic E-state index is 13.6. The van der Waals surface area contributed by atoms with Crippen LogP contribution in [0.5, 0.6) is 0 Å². The number of anilines is 1. The molecule has 0 amide bonds. The summed E-state index contributed by atoms with van der Waals surface area (Å²) in [6.45, 7) is 19.6.